The summed E-state index contributed by atoms with van der Waals surface area (Å²) in [5.74, 6) is -0.0832. The van der Waals surface area contributed by atoms with Gasteiger partial charge in [-0.2, -0.15) is 0 Å². The number of esters is 1. The minimum absolute atomic E-state index is 0. The zero-order valence-corrected chi connectivity index (χ0v) is 12.6. The molecule has 2 fully saturated rings. The second-order valence-electron chi connectivity index (χ2n) is 5.80. The van der Waals surface area contributed by atoms with Gasteiger partial charge in [0.15, 0.2) is 0 Å². The van der Waals surface area contributed by atoms with Gasteiger partial charge in [0.25, 0.3) is 0 Å². The van der Waals surface area contributed by atoms with Crippen LogP contribution in [-0.4, -0.2) is 36.1 Å². The Hall–Kier alpha value is -1.06. The average Bonchev–Trinajstić information content (AvgIpc) is 2.63. The fourth-order valence-corrected chi connectivity index (χ4v) is 3.45. The van der Waals surface area contributed by atoms with Crippen molar-refractivity contribution in [3.63, 3.8) is 0 Å². The smallest absolute Gasteiger partial charge is 0.310 e. The monoisotopic (exact) mass is 295 g/mol. The van der Waals surface area contributed by atoms with E-state index in [4.69, 9.17) is 4.74 Å². The minimum atomic E-state index is -0.0832. The van der Waals surface area contributed by atoms with Crippen LogP contribution in [0, 0.1) is 0 Å². The molecule has 4 heteroatoms. The first-order chi connectivity index (χ1) is 9.22. The van der Waals surface area contributed by atoms with E-state index in [0.29, 0.717) is 18.5 Å². The van der Waals surface area contributed by atoms with Crippen LogP contribution in [0.25, 0.3) is 0 Å². The van der Waals surface area contributed by atoms with E-state index in [1.165, 1.54) is 12.8 Å². The van der Waals surface area contributed by atoms with Crippen molar-refractivity contribution in [2.24, 2.45) is 0 Å². The minimum Gasteiger partial charge on any atom is -0.462 e. The van der Waals surface area contributed by atoms with Crippen molar-refractivity contribution in [2.75, 3.05) is 7.05 Å². The maximum atomic E-state index is 12.0. The van der Waals surface area contributed by atoms with Gasteiger partial charge in [0, 0.05) is 12.1 Å². The Balaban J connectivity index is 0.00000147. The summed E-state index contributed by atoms with van der Waals surface area (Å²) in [5, 5.41) is 0. The number of nitrogens with zero attached hydrogens (tertiary/aromatic N) is 1. The van der Waals surface area contributed by atoms with Crippen LogP contribution < -0.4 is 0 Å². The van der Waals surface area contributed by atoms with Crippen molar-refractivity contribution in [3.8, 4) is 0 Å². The van der Waals surface area contributed by atoms with E-state index in [1.807, 2.05) is 30.3 Å². The molecule has 2 aliphatic heterocycles. The van der Waals surface area contributed by atoms with Gasteiger partial charge in [-0.25, -0.2) is 0 Å². The third-order valence-corrected chi connectivity index (χ3v) is 4.54. The highest BCUT2D eigenvalue weighted by Gasteiger charge is 2.39. The van der Waals surface area contributed by atoms with E-state index < -0.39 is 0 Å². The maximum Gasteiger partial charge on any atom is 0.310 e. The van der Waals surface area contributed by atoms with Crippen LogP contribution in [0.15, 0.2) is 30.3 Å². The largest absolute Gasteiger partial charge is 0.462 e. The number of benzene rings is 1. The topological polar surface area (TPSA) is 29.5 Å². The van der Waals surface area contributed by atoms with Crippen molar-refractivity contribution in [3.05, 3.63) is 35.9 Å². The normalized spacial score (nSPS) is 28.8. The van der Waals surface area contributed by atoms with Gasteiger partial charge in [0.05, 0.1) is 6.42 Å². The third-order valence-electron chi connectivity index (χ3n) is 4.54. The maximum absolute atomic E-state index is 12.0. The number of fused-ring (bicyclic) bond motifs is 2. The molecule has 2 heterocycles. The summed E-state index contributed by atoms with van der Waals surface area (Å²) in [5.41, 5.74) is 1.03. The predicted molar refractivity (Wildman–Crippen MR) is 81.1 cm³/mol. The molecule has 2 aliphatic rings. The number of hydrogen-bond donors (Lipinski definition) is 0. The van der Waals surface area contributed by atoms with Gasteiger partial charge in [0.2, 0.25) is 0 Å². The van der Waals surface area contributed by atoms with Crippen molar-refractivity contribution in [1.82, 2.24) is 4.90 Å². The number of carbonyl (C=O) groups is 1. The molecule has 0 saturated carbocycles. The number of ether oxygens (including phenoxy) is 1. The van der Waals surface area contributed by atoms with Crippen molar-refractivity contribution >= 4 is 18.4 Å². The van der Waals surface area contributed by atoms with Gasteiger partial charge >= 0.3 is 5.97 Å². The first-order valence-corrected chi connectivity index (χ1v) is 7.17. The Labute approximate surface area is 126 Å². The van der Waals surface area contributed by atoms with Gasteiger partial charge in [-0.3, -0.25) is 4.79 Å². The molecule has 2 bridgehead atoms. The molecular weight excluding hydrogens is 274 g/mol. The van der Waals surface area contributed by atoms with Gasteiger partial charge in [0.1, 0.15) is 6.10 Å². The van der Waals surface area contributed by atoms with Crippen LogP contribution >= 0.6 is 12.4 Å². The Bertz CT molecular complexity index is 437. The molecule has 110 valence electrons. The second-order valence-corrected chi connectivity index (χ2v) is 5.80. The summed E-state index contributed by atoms with van der Waals surface area (Å²) in [6.07, 6.45) is 5.05. The molecule has 3 atom stereocenters. The molecule has 3 rings (SSSR count). The molecule has 20 heavy (non-hydrogen) atoms. The zero-order chi connectivity index (χ0) is 13.2. The van der Waals surface area contributed by atoms with E-state index in [0.717, 1.165) is 18.4 Å². The first kappa shape index (κ1) is 15.3. The Morgan fingerprint density at radius 3 is 2.40 bits per heavy atom. The number of rotatable bonds is 3. The molecule has 0 aliphatic carbocycles. The van der Waals surface area contributed by atoms with Crippen molar-refractivity contribution < 1.29 is 9.53 Å². The van der Waals surface area contributed by atoms with Crippen LogP contribution in [0.1, 0.15) is 31.2 Å². The summed E-state index contributed by atoms with van der Waals surface area (Å²) in [6, 6.07) is 11.1. The van der Waals surface area contributed by atoms with Crippen LogP contribution in [-0.2, 0) is 16.0 Å². The van der Waals surface area contributed by atoms with E-state index in [2.05, 4.69) is 11.9 Å². The molecule has 2 saturated heterocycles. The van der Waals surface area contributed by atoms with Gasteiger partial charge < -0.3 is 9.64 Å². The molecule has 3 nitrogen and oxygen atoms in total. The number of piperidine rings is 1. The highest BCUT2D eigenvalue weighted by Crippen LogP contribution is 2.35. The Morgan fingerprint density at radius 1 is 1.20 bits per heavy atom. The predicted octanol–water partition coefficient (Wildman–Crippen LogP) is 2.82. The number of halogens is 1. The summed E-state index contributed by atoms with van der Waals surface area (Å²) < 4.78 is 5.66. The Morgan fingerprint density at radius 2 is 1.80 bits per heavy atom. The molecule has 0 N–H and O–H groups in total. The third kappa shape index (κ3) is 3.33. The fraction of sp³-hybridized carbons (Fsp3) is 0.562. The molecular formula is C16H22ClNO2. The van der Waals surface area contributed by atoms with E-state index in [1.54, 1.807) is 0 Å². The first-order valence-electron chi connectivity index (χ1n) is 7.17. The SMILES string of the molecule is CN1[C@@H]2CC[C@H]1CC(OC(=O)Cc1ccccc1)C2.Cl. The highest BCUT2D eigenvalue weighted by atomic mass is 35.5. The summed E-state index contributed by atoms with van der Waals surface area (Å²) in [4.78, 5) is 14.4. The number of hydrogen-bond acceptors (Lipinski definition) is 3. The van der Waals surface area contributed by atoms with Gasteiger partial charge in [-0.15, -0.1) is 12.4 Å². The van der Waals surface area contributed by atoms with Gasteiger partial charge in [-0.1, -0.05) is 30.3 Å². The lowest BCUT2D eigenvalue weighted by Gasteiger charge is -2.35. The molecule has 1 aromatic rings. The molecule has 1 aromatic carbocycles. The van der Waals surface area contributed by atoms with E-state index in [9.17, 15) is 4.79 Å². The van der Waals surface area contributed by atoms with Gasteiger partial charge in [-0.05, 0) is 38.3 Å². The van der Waals surface area contributed by atoms with Crippen LogP contribution in [0.4, 0.5) is 0 Å². The molecule has 0 aromatic heterocycles. The average molecular weight is 296 g/mol. The summed E-state index contributed by atoms with van der Waals surface area (Å²) >= 11 is 0. The number of carbonyl (C=O) groups excluding carboxylic acids is 1. The van der Waals surface area contributed by atoms with Crippen molar-refractivity contribution in [1.29, 1.82) is 0 Å². The molecule has 0 radical (unpaired) electrons. The second kappa shape index (κ2) is 6.59. The highest BCUT2D eigenvalue weighted by molar-refractivity contribution is 5.85. The van der Waals surface area contributed by atoms with Crippen LogP contribution in [0.3, 0.4) is 0 Å². The van der Waals surface area contributed by atoms with E-state index in [-0.39, 0.29) is 24.5 Å². The Kier molecular flexibility index (Phi) is 5.06. The van der Waals surface area contributed by atoms with Crippen molar-refractivity contribution in [2.45, 2.75) is 50.3 Å². The quantitative estimate of drug-likeness (QED) is 0.803. The zero-order valence-electron chi connectivity index (χ0n) is 11.8. The van der Waals surface area contributed by atoms with E-state index >= 15 is 0 Å². The van der Waals surface area contributed by atoms with Crippen LogP contribution in [0.5, 0.6) is 0 Å². The van der Waals surface area contributed by atoms with Crippen LogP contribution in [0.2, 0.25) is 0 Å². The lowest BCUT2D eigenvalue weighted by atomic mass is 10.0. The molecule has 1 unspecified atom stereocenters. The summed E-state index contributed by atoms with van der Waals surface area (Å²) in [7, 11) is 2.20. The molecule has 0 amide bonds. The summed E-state index contributed by atoms with van der Waals surface area (Å²) in [6.45, 7) is 0. The lowest BCUT2D eigenvalue weighted by Crippen LogP contribution is -2.43. The molecule has 0 spiro atoms. The lowest BCUT2D eigenvalue weighted by molar-refractivity contribution is -0.151. The standard InChI is InChI=1S/C16H21NO2.ClH/c1-17-13-7-8-14(17)11-15(10-13)19-16(18)9-12-5-3-2-4-6-12;/h2-6,13-15H,7-11H2,1H3;1H/t13-,14+,15?;. The fourth-order valence-electron chi connectivity index (χ4n) is 3.45.